The predicted octanol–water partition coefficient (Wildman–Crippen LogP) is 2.35. The molecule has 0 saturated carbocycles. The molecule has 0 radical (unpaired) electrons. The van der Waals surface area contributed by atoms with Gasteiger partial charge >= 0.3 is 0 Å². The fraction of sp³-hybridized carbons (Fsp3) is 0.471. The highest BCUT2D eigenvalue weighted by Gasteiger charge is 2.18. The van der Waals surface area contributed by atoms with Crippen molar-refractivity contribution in [3.63, 3.8) is 0 Å². The van der Waals surface area contributed by atoms with Gasteiger partial charge in [-0.1, -0.05) is 0 Å². The van der Waals surface area contributed by atoms with E-state index >= 15 is 0 Å². The molecule has 1 unspecified atom stereocenters. The zero-order valence-electron chi connectivity index (χ0n) is 13.2. The van der Waals surface area contributed by atoms with Crippen LogP contribution in [0.4, 0.5) is 0 Å². The Balaban J connectivity index is 1.78. The molecule has 0 N–H and O–H groups in total. The van der Waals surface area contributed by atoms with Crippen LogP contribution in [0.3, 0.4) is 0 Å². The second-order valence-electron chi connectivity index (χ2n) is 5.87. The number of hydrogen-bond acceptors (Lipinski definition) is 4. The van der Waals surface area contributed by atoms with Crippen molar-refractivity contribution in [2.24, 2.45) is 5.92 Å². The molecular weight excluding hydrogens is 278 g/mol. The SMILES string of the molecule is COc1ccc(-n2cccn2)c(CN(C)CC2CCOC2)c1. The largest absolute Gasteiger partial charge is 0.497 e. The first-order chi connectivity index (χ1) is 10.8. The van der Waals surface area contributed by atoms with Crippen molar-refractivity contribution in [1.29, 1.82) is 0 Å². The van der Waals surface area contributed by atoms with Gasteiger partial charge in [-0.25, -0.2) is 4.68 Å². The summed E-state index contributed by atoms with van der Waals surface area (Å²) in [6.07, 6.45) is 4.93. The van der Waals surface area contributed by atoms with Crippen LogP contribution in [-0.4, -0.2) is 48.6 Å². The van der Waals surface area contributed by atoms with E-state index in [-0.39, 0.29) is 0 Å². The van der Waals surface area contributed by atoms with Crippen LogP contribution in [0.25, 0.3) is 5.69 Å². The van der Waals surface area contributed by atoms with Gasteiger partial charge in [0.2, 0.25) is 0 Å². The second kappa shape index (κ2) is 6.94. The molecule has 2 heterocycles. The molecule has 3 rings (SSSR count). The third kappa shape index (κ3) is 3.48. The van der Waals surface area contributed by atoms with Gasteiger partial charge in [0.1, 0.15) is 5.75 Å². The van der Waals surface area contributed by atoms with E-state index in [1.807, 2.05) is 23.0 Å². The lowest BCUT2D eigenvalue weighted by atomic mass is 10.1. The third-order valence-electron chi connectivity index (χ3n) is 4.07. The van der Waals surface area contributed by atoms with Gasteiger partial charge in [0.15, 0.2) is 0 Å². The molecule has 1 saturated heterocycles. The summed E-state index contributed by atoms with van der Waals surface area (Å²) in [4.78, 5) is 2.35. The average Bonchev–Trinajstić information content (AvgIpc) is 3.20. The lowest BCUT2D eigenvalue weighted by Crippen LogP contribution is -2.26. The number of benzene rings is 1. The van der Waals surface area contributed by atoms with Gasteiger partial charge in [-0.05, 0) is 49.2 Å². The fourth-order valence-corrected chi connectivity index (χ4v) is 2.97. The molecule has 118 valence electrons. The van der Waals surface area contributed by atoms with Gasteiger partial charge in [-0.3, -0.25) is 0 Å². The fourth-order valence-electron chi connectivity index (χ4n) is 2.97. The predicted molar refractivity (Wildman–Crippen MR) is 85.4 cm³/mol. The molecule has 0 bridgehead atoms. The van der Waals surface area contributed by atoms with E-state index in [2.05, 4.69) is 29.2 Å². The standard InChI is InChI=1S/C17H23N3O2/c1-19(11-14-6-9-22-13-14)12-15-10-16(21-2)4-5-17(15)20-8-3-7-18-20/h3-5,7-8,10,14H,6,9,11-13H2,1-2H3. The summed E-state index contributed by atoms with van der Waals surface area (Å²) in [5.41, 5.74) is 2.31. The number of rotatable bonds is 6. The first-order valence-corrected chi connectivity index (χ1v) is 7.69. The minimum atomic E-state index is 0.642. The number of aromatic nitrogens is 2. The molecule has 5 nitrogen and oxygen atoms in total. The summed E-state index contributed by atoms with van der Waals surface area (Å²) in [6.45, 7) is 3.70. The van der Waals surface area contributed by atoms with Crippen molar-refractivity contribution in [3.05, 3.63) is 42.2 Å². The summed E-state index contributed by atoms with van der Waals surface area (Å²) in [7, 11) is 3.86. The Morgan fingerprint density at radius 2 is 2.36 bits per heavy atom. The molecule has 1 aliphatic heterocycles. The maximum absolute atomic E-state index is 5.47. The van der Waals surface area contributed by atoms with E-state index < -0.39 is 0 Å². The lowest BCUT2D eigenvalue weighted by Gasteiger charge is -2.22. The van der Waals surface area contributed by atoms with Crippen LogP contribution in [0.15, 0.2) is 36.7 Å². The number of hydrogen-bond donors (Lipinski definition) is 0. The topological polar surface area (TPSA) is 39.5 Å². The van der Waals surface area contributed by atoms with Crippen LogP contribution in [0.1, 0.15) is 12.0 Å². The molecule has 0 aliphatic carbocycles. The molecule has 22 heavy (non-hydrogen) atoms. The van der Waals surface area contributed by atoms with E-state index in [9.17, 15) is 0 Å². The van der Waals surface area contributed by atoms with Gasteiger partial charge in [-0.15, -0.1) is 0 Å². The third-order valence-corrected chi connectivity index (χ3v) is 4.07. The van der Waals surface area contributed by atoms with Crippen molar-refractivity contribution in [2.75, 3.05) is 33.9 Å². The van der Waals surface area contributed by atoms with Gasteiger partial charge in [0.05, 0.1) is 19.4 Å². The highest BCUT2D eigenvalue weighted by Crippen LogP contribution is 2.23. The van der Waals surface area contributed by atoms with Gasteiger partial charge in [-0.2, -0.15) is 5.10 Å². The number of ether oxygens (including phenoxy) is 2. The summed E-state index contributed by atoms with van der Waals surface area (Å²) >= 11 is 0. The van der Waals surface area contributed by atoms with Crippen molar-refractivity contribution >= 4 is 0 Å². The average molecular weight is 301 g/mol. The zero-order chi connectivity index (χ0) is 15.4. The van der Waals surface area contributed by atoms with Crippen molar-refractivity contribution < 1.29 is 9.47 Å². The normalized spacial score (nSPS) is 18.0. The molecule has 0 amide bonds. The van der Waals surface area contributed by atoms with E-state index in [4.69, 9.17) is 9.47 Å². The Kier molecular flexibility index (Phi) is 4.75. The maximum atomic E-state index is 5.47. The number of nitrogens with zero attached hydrogens (tertiary/aromatic N) is 3. The van der Waals surface area contributed by atoms with E-state index in [0.717, 1.165) is 44.2 Å². The van der Waals surface area contributed by atoms with Crippen molar-refractivity contribution in [1.82, 2.24) is 14.7 Å². The first-order valence-electron chi connectivity index (χ1n) is 7.69. The minimum absolute atomic E-state index is 0.642. The Morgan fingerprint density at radius 1 is 1.45 bits per heavy atom. The van der Waals surface area contributed by atoms with Crippen LogP contribution in [0.2, 0.25) is 0 Å². The molecule has 1 aliphatic rings. The Hall–Kier alpha value is -1.85. The minimum Gasteiger partial charge on any atom is -0.497 e. The Morgan fingerprint density at radius 3 is 3.05 bits per heavy atom. The molecule has 1 aromatic heterocycles. The van der Waals surface area contributed by atoms with Gasteiger partial charge < -0.3 is 14.4 Å². The lowest BCUT2D eigenvalue weighted by molar-refractivity contribution is 0.173. The smallest absolute Gasteiger partial charge is 0.119 e. The highest BCUT2D eigenvalue weighted by atomic mass is 16.5. The van der Waals surface area contributed by atoms with Gasteiger partial charge in [0, 0.05) is 32.1 Å². The van der Waals surface area contributed by atoms with Crippen LogP contribution in [0, 0.1) is 5.92 Å². The van der Waals surface area contributed by atoms with E-state index in [1.165, 1.54) is 5.56 Å². The Labute approximate surface area is 131 Å². The van der Waals surface area contributed by atoms with Crippen LogP contribution in [0.5, 0.6) is 5.75 Å². The second-order valence-corrected chi connectivity index (χ2v) is 5.87. The maximum Gasteiger partial charge on any atom is 0.119 e. The van der Waals surface area contributed by atoms with E-state index in [1.54, 1.807) is 13.3 Å². The van der Waals surface area contributed by atoms with Crippen LogP contribution >= 0.6 is 0 Å². The molecule has 1 fully saturated rings. The Bertz CT molecular complexity index is 592. The molecule has 2 aromatic rings. The number of methoxy groups -OCH3 is 1. The molecule has 1 atom stereocenters. The molecular formula is C17H23N3O2. The first kappa shape index (κ1) is 15.1. The molecule has 5 heteroatoms. The van der Waals surface area contributed by atoms with Gasteiger partial charge in [0.25, 0.3) is 0 Å². The van der Waals surface area contributed by atoms with Crippen molar-refractivity contribution in [2.45, 2.75) is 13.0 Å². The summed E-state index contributed by atoms with van der Waals surface area (Å²) < 4.78 is 12.7. The molecule has 1 aromatic carbocycles. The molecule has 0 spiro atoms. The van der Waals surface area contributed by atoms with Crippen molar-refractivity contribution in [3.8, 4) is 11.4 Å². The van der Waals surface area contributed by atoms with Crippen LogP contribution < -0.4 is 4.74 Å². The quantitative estimate of drug-likeness (QED) is 0.821. The summed E-state index contributed by atoms with van der Waals surface area (Å²) in [5.74, 6) is 1.52. The van der Waals surface area contributed by atoms with E-state index in [0.29, 0.717) is 5.92 Å². The zero-order valence-corrected chi connectivity index (χ0v) is 13.2. The monoisotopic (exact) mass is 301 g/mol. The summed E-state index contributed by atoms with van der Waals surface area (Å²) in [6, 6.07) is 8.07. The van der Waals surface area contributed by atoms with Crippen LogP contribution in [-0.2, 0) is 11.3 Å². The summed E-state index contributed by atoms with van der Waals surface area (Å²) in [5, 5.41) is 4.35. The highest BCUT2D eigenvalue weighted by molar-refractivity contribution is 5.45.